The van der Waals surface area contributed by atoms with E-state index in [-0.39, 0.29) is 11.7 Å². The summed E-state index contributed by atoms with van der Waals surface area (Å²) in [4.78, 5) is 12.2. The molecule has 0 aliphatic carbocycles. The number of anilines is 1. The van der Waals surface area contributed by atoms with Crippen LogP contribution in [0.4, 0.5) is 10.1 Å². The maximum absolute atomic E-state index is 12.8. The number of pyridine rings is 1. The number of amides is 1. The maximum atomic E-state index is 12.8. The molecule has 1 N–H and O–H groups in total. The van der Waals surface area contributed by atoms with Gasteiger partial charge < -0.3 is 10.5 Å². The minimum atomic E-state index is -0.391. The van der Waals surface area contributed by atoms with Crippen molar-refractivity contribution >= 4 is 23.4 Å². The van der Waals surface area contributed by atoms with Gasteiger partial charge in [0.2, 0.25) is 5.91 Å². The fourth-order valence-electron chi connectivity index (χ4n) is 1.73. The van der Waals surface area contributed by atoms with Gasteiger partial charge in [-0.3, -0.25) is 4.79 Å². The monoisotopic (exact) mass is 306 g/mol. The minimum absolute atomic E-state index is 0.210. The van der Waals surface area contributed by atoms with Crippen LogP contribution in [0.1, 0.15) is 13.3 Å². The molecule has 1 unspecified atom stereocenters. The Hall–Kier alpha value is -2.08. The summed E-state index contributed by atoms with van der Waals surface area (Å²) in [5, 5.41) is 14.4. The average molecular weight is 306 g/mol. The molecule has 21 heavy (non-hydrogen) atoms. The van der Waals surface area contributed by atoms with E-state index in [1.807, 2.05) is 6.92 Å². The summed E-state index contributed by atoms with van der Waals surface area (Å²) in [5.41, 5.74) is 0.531. The first-order chi connectivity index (χ1) is 10.1. The van der Waals surface area contributed by atoms with Gasteiger partial charge >= 0.3 is 0 Å². The van der Waals surface area contributed by atoms with Gasteiger partial charge in [-0.2, -0.15) is 4.73 Å². The van der Waals surface area contributed by atoms with E-state index in [0.717, 1.165) is 4.73 Å². The number of aromatic nitrogens is 1. The highest BCUT2D eigenvalue weighted by molar-refractivity contribution is 8.00. The lowest BCUT2D eigenvalue weighted by atomic mass is 10.2. The van der Waals surface area contributed by atoms with Crippen molar-refractivity contribution in [1.29, 1.82) is 0 Å². The molecule has 2 rings (SSSR count). The fourth-order valence-corrected chi connectivity index (χ4v) is 2.67. The first kappa shape index (κ1) is 15.3. The Labute approximate surface area is 126 Å². The van der Waals surface area contributed by atoms with Crippen molar-refractivity contribution < 1.29 is 13.9 Å². The topological polar surface area (TPSA) is 56.0 Å². The van der Waals surface area contributed by atoms with E-state index in [1.165, 1.54) is 42.2 Å². The highest BCUT2D eigenvalue weighted by Crippen LogP contribution is 2.23. The van der Waals surface area contributed by atoms with Crippen molar-refractivity contribution in [2.45, 2.75) is 23.6 Å². The number of carbonyl (C=O) groups is 1. The molecule has 1 aromatic carbocycles. The molecule has 4 nitrogen and oxygen atoms in total. The zero-order valence-electron chi connectivity index (χ0n) is 11.5. The summed E-state index contributed by atoms with van der Waals surface area (Å²) in [7, 11) is 0. The number of benzene rings is 1. The van der Waals surface area contributed by atoms with Crippen LogP contribution >= 0.6 is 11.8 Å². The number of rotatable bonds is 5. The summed E-state index contributed by atoms with van der Waals surface area (Å²) >= 11 is 1.21. The summed E-state index contributed by atoms with van der Waals surface area (Å²) in [6.45, 7) is 1.87. The Balaban J connectivity index is 2.05. The van der Waals surface area contributed by atoms with Crippen molar-refractivity contribution in [3.05, 3.63) is 59.7 Å². The molecule has 0 aliphatic rings. The molecule has 0 fully saturated rings. The lowest BCUT2D eigenvalue weighted by molar-refractivity contribution is -0.645. The third-order valence-corrected chi connectivity index (χ3v) is 4.22. The van der Waals surface area contributed by atoms with Gasteiger partial charge in [0.15, 0.2) is 6.20 Å². The van der Waals surface area contributed by atoms with E-state index in [0.29, 0.717) is 17.1 Å². The maximum Gasteiger partial charge on any atom is 0.252 e. The van der Waals surface area contributed by atoms with Gasteiger partial charge in [-0.1, -0.05) is 6.92 Å². The molecule has 0 spiro atoms. The van der Waals surface area contributed by atoms with Gasteiger partial charge in [-0.25, -0.2) is 4.39 Å². The van der Waals surface area contributed by atoms with E-state index >= 15 is 0 Å². The second-order valence-corrected chi connectivity index (χ2v) is 5.60. The molecule has 0 saturated carbocycles. The van der Waals surface area contributed by atoms with Crippen molar-refractivity contribution in [2.24, 2.45) is 0 Å². The standard InChI is InChI=1S/C15H15FN2O2S/c1-2-13(21-14-5-3-4-10-18(14)20)15(19)17-12-8-6-11(16)7-9-12/h3-10,13H,2H2,1H3,(H,17,19). The molecular weight excluding hydrogens is 291 g/mol. The quantitative estimate of drug-likeness (QED) is 0.525. The Kier molecular flexibility index (Phi) is 5.16. The smallest absolute Gasteiger partial charge is 0.252 e. The number of nitrogens with one attached hydrogen (secondary N) is 1. The number of nitrogens with zero attached hydrogens (tertiary/aromatic N) is 1. The van der Waals surface area contributed by atoms with E-state index in [1.54, 1.807) is 18.2 Å². The Bertz CT molecular complexity index is 619. The fraction of sp³-hybridized carbons (Fsp3) is 0.200. The summed E-state index contributed by atoms with van der Waals surface area (Å²) in [5.74, 6) is -0.566. The van der Waals surface area contributed by atoms with Gasteiger partial charge in [0.25, 0.3) is 5.03 Å². The van der Waals surface area contributed by atoms with E-state index in [9.17, 15) is 14.4 Å². The SMILES string of the molecule is CCC(Sc1cccc[n+]1[O-])C(=O)Nc1ccc(F)cc1. The predicted molar refractivity (Wildman–Crippen MR) is 80.4 cm³/mol. The number of hydrogen-bond acceptors (Lipinski definition) is 3. The van der Waals surface area contributed by atoms with Gasteiger partial charge in [0.05, 0.1) is 5.25 Å². The highest BCUT2D eigenvalue weighted by Gasteiger charge is 2.21. The van der Waals surface area contributed by atoms with Crippen LogP contribution in [0.25, 0.3) is 0 Å². The van der Waals surface area contributed by atoms with Gasteiger partial charge in [-0.15, -0.1) is 0 Å². The first-order valence-electron chi connectivity index (χ1n) is 6.51. The molecule has 1 amide bonds. The van der Waals surface area contributed by atoms with E-state index < -0.39 is 5.25 Å². The summed E-state index contributed by atoms with van der Waals surface area (Å²) in [6.07, 6.45) is 1.97. The normalized spacial score (nSPS) is 11.9. The molecule has 0 bridgehead atoms. The minimum Gasteiger partial charge on any atom is -0.618 e. The van der Waals surface area contributed by atoms with E-state index in [4.69, 9.17) is 0 Å². The predicted octanol–water partition coefficient (Wildman–Crippen LogP) is 2.97. The average Bonchev–Trinajstić information content (AvgIpc) is 2.48. The number of carbonyl (C=O) groups excluding carboxylic acids is 1. The van der Waals surface area contributed by atoms with Crippen LogP contribution in [0.5, 0.6) is 0 Å². The largest absolute Gasteiger partial charge is 0.618 e. The van der Waals surface area contributed by atoms with Crippen LogP contribution in [-0.2, 0) is 4.79 Å². The number of thioether (sulfide) groups is 1. The molecular formula is C15H15FN2O2S. The molecule has 110 valence electrons. The Morgan fingerprint density at radius 2 is 2.05 bits per heavy atom. The van der Waals surface area contributed by atoms with Crippen LogP contribution in [-0.4, -0.2) is 11.2 Å². The third kappa shape index (κ3) is 4.19. The van der Waals surface area contributed by atoms with E-state index in [2.05, 4.69) is 5.32 Å². The molecule has 2 aromatic rings. The van der Waals surface area contributed by atoms with Gasteiger partial charge in [-0.05, 0) is 48.5 Å². The lowest BCUT2D eigenvalue weighted by Crippen LogP contribution is -2.31. The van der Waals surface area contributed by atoms with Gasteiger partial charge in [0.1, 0.15) is 5.82 Å². The zero-order valence-corrected chi connectivity index (χ0v) is 12.3. The van der Waals surface area contributed by atoms with Crippen LogP contribution in [0.3, 0.4) is 0 Å². The van der Waals surface area contributed by atoms with Crippen LogP contribution in [0.15, 0.2) is 53.7 Å². The molecule has 1 heterocycles. The molecule has 1 aromatic heterocycles. The van der Waals surface area contributed by atoms with Crippen LogP contribution in [0, 0.1) is 11.0 Å². The third-order valence-electron chi connectivity index (χ3n) is 2.83. The molecule has 6 heteroatoms. The first-order valence-corrected chi connectivity index (χ1v) is 7.39. The van der Waals surface area contributed by atoms with Crippen LogP contribution in [0.2, 0.25) is 0 Å². The molecule has 0 radical (unpaired) electrons. The molecule has 1 atom stereocenters. The second kappa shape index (κ2) is 7.08. The molecule has 0 saturated heterocycles. The Morgan fingerprint density at radius 3 is 2.67 bits per heavy atom. The van der Waals surface area contributed by atoms with Crippen LogP contribution < -0.4 is 10.0 Å². The van der Waals surface area contributed by atoms with Crippen molar-refractivity contribution in [2.75, 3.05) is 5.32 Å². The van der Waals surface area contributed by atoms with Crippen molar-refractivity contribution in [3.63, 3.8) is 0 Å². The second-order valence-electron chi connectivity index (χ2n) is 4.38. The molecule has 0 aliphatic heterocycles. The number of hydrogen-bond donors (Lipinski definition) is 1. The summed E-state index contributed by atoms with van der Waals surface area (Å²) < 4.78 is 13.6. The lowest BCUT2D eigenvalue weighted by Gasteiger charge is -2.14. The van der Waals surface area contributed by atoms with Gasteiger partial charge in [0, 0.05) is 17.8 Å². The van der Waals surface area contributed by atoms with Crippen molar-refractivity contribution in [3.8, 4) is 0 Å². The van der Waals surface area contributed by atoms with Crippen molar-refractivity contribution in [1.82, 2.24) is 0 Å². The Morgan fingerprint density at radius 1 is 1.33 bits per heavy atom. The highest BCUT2D eigenvalue weighted by atomic mass is 32.2. The summed E-state index contributed by atoms with van der Waals surface area (Å²) in [6, 6.07) is 10.6. The number of halogens is 1. The zero-order chi connectivity index (χ0) is 15.2.